The highest BCUT2D eigenvalue weighted by Crippen LogP contribution is 2.16. The normalized spacial score (nSPS) is 15.2. The van der Waals surface area contributed by atoms with Crippen LogP contribution in [0.2, 0.25) is 0 Å². The van der Waals surface area contributed by atoms with Gasteiger partial charge >= 0.3 is 0 Å². The highest BCUT2D eigenvalue weighted by Gasteiger charge is 2.17. The number of amides is 1. The molecule has 1 aliphatic heterocycles. The topological polar surface area (TPSA) is 48.5 Å². The van der Waals surface area contributed by atoms with Gasteiger partial charge in [0.15, 0.2) is 0 Å². The van der Waals surface area contributed by atoms with E-state index in [4.69, 9.17) is 0 Å². The molecule has 1 aliphatic rings. The molecule has 0 radical (unpaired) electrons. The van der Waals surface area contributed by atoms with E-state index in [0.717, 1.165) is 44.0 Å². The summed E-state index contributed by atoms with van der Waals surface area (Å²) in [6.45, 7) is 4.88. The molecule has 1 aromatic heterocycles. The van der Waals surface area contributed by atoms with Crippen LogP contribution < -0.4 is 10.2 Å². The van der Waals surface area contributed by atoms with Crippen molar-refractivity contribution in [3.63, 3.8) is 0 Å². The maximum absolute atomic E-state index is 13.0. The molecule has 0 bridgehead atoms. The number of benzene rings is 1. The second kappa shape index (κ2) is 8.58. The average molecular weight is 342 g/mol. The lowest BCUT2D eigenvalue weighted by Crippen LogP contribution is -2.47. The summed E-state index contributed by atoms with van der Waals surface area (Å²) in [5, 5.41) is 2.93. The Bertz CT molecular complexity index is 670. The van der Waals surface area contributed by atoms with Crippen molar-refractivity contribution >= 4 is 11.6 Å². The zero-order valence-corrected chi connectivity index (χ0v) is 14.2. The number of pyridine rings is 1. The van der Waals surface area contributed by atoms with Gasteiger partial charge in [-0.2, -0.15) is 0 Å². The van der Waals surface area contributed by atoms with Crippen molar-refractivity contribution in [2.75, 3.05) is 37.6 Å². The van der Waals surface area contributed by atoms with Crippen LogP contribution in [0.3, 0.4) is 0 Å². The fourth-order valence-corrected chi connectivity index (χ4v) is 2.93. The standard InChI is InChI=1S/C19H23FN4O/c20-17-3-5-18(6-4-17)24-12-10-23(11-13-24)9-7-19(25)22-15-16-2-1-8-21-14-16/h1-6,8,14H,7,9-13,15H2,(H,22,25). The van der Waals surface area contributed by atoms with Gasteiger partial charge in [0.2, 0.25) is 5.91 Å². The van der Waals surface area contributed by atoms with Crippen molar-refractivity contribution in [2.45, 2.75) is 13.0 Å². The summed E-state index contributed by atoms with van der Waals surface area (Å²) in [6.07, 6.45) is 3.97. The van der Waals surface area contributed by atoms with Crippen LogP contribution in [-0.4, -0.2) is 48.5 Å². The van der Waals surface area contributed by atoms with Crippen molar-refractivity contribution in [1.29, 1.82) is 0 Å². The highest BCUT2D eigenvalue weighted by molar-refractivity contribution is 5.76. The van der Waals surface area contributed by atoms with E-state index in [0.29, 0.717) is 13.0 Å². The molecule has 1 N–H and O–H groups in total. The van der Waals surface area contributed by atoms with E-state index in [1.54, 1.807) is 12.4 Å². The van der Waals surface area contributed by atoms with E-state index in [9.17, 15) is 9.18 Å². The number of nitrogens with one attached hydrogen (secondary N) is 1. The van der Waals surface area contributed by atoms with Crippen LogP contribution in [0.25, 0.3) is 0 Å². The van der Waals surface area contributed by atoms with Crippen LogP contribution in [0, 0.1) is 5.82 Å². The molecule has 6 heteroatoms. The quantitative estimate of drug-likeness (QED) is 0.873. The molecule has 5 nitrogen and oxygen atoms in total. The number of anilines is 1. The van der Waals surface area contributed by atoms with Crippen LogP contribution in [0.5, 0.6) is 0 Å². The molecular formula is C19H23FN4O. The number of carbonyl (C=O) groups excluding carboxylic acids is 1. The van der Waals surface area contributed by atoms with Crippen LogP contribution in [0.15, 0.2) is 48.8 Å². The minimum absolute atomic E-state index is 0.0600. The van der Waals surface area contributed by atoms with Gasteiger partial charge in [-0.05, 0) is 35.9 Å². The first-order valence-electron chi connectivity index (χ1n) is 8.59. The average Bonchev–Trinajstić information content (AvgIpc) is 2.67. The van der Waals surface area contributed by atoms with Gasteiger partial charge < -0.3 is 10.2 Å². The lowest BCUT2D eigenvalue weighted by molar-refractivity contribution is -0.121. The maximum Gasteiger partial charge on any atom is 0.221 e. The Hall–Kier alpha value is -2.47. The van der Waals surface area contributed by atoms with Gasteiger partial charge in [-0.15, -0.1) is 0 Å². The molecule has 0 spiro atoms. The molecule has 25 heavy (non-hydrogen) atoms. The number of halogens is 1. The predicted molar refractivity (Wildman–Crippen MR) is 95.8 cm³/mol. The first-order chi connectivity index (χ1) is 12.2. The zero-order valence-electron chi connectivity index (χ0n) is 14.2. The molecule has 0 atom stereocenters. The summed E-state index contributed by atoms with van der Waals surface area (Å²) in [5.41, 5.74) is 2.05. The molecular weight excluding hydrogens is 319 g/mol. The summed E-state index contributed by atoms with van der Waals surface area (Å²) in [4.78, 5) is 20.6. The molecule has 132 valence electrons. The Balaban J connectivity index is 1.36. The van der Waals surface area contributed by atoms with Crippen molar-refractivity contribution in [1.82, 2.24) is 15.2 Å². The third-order valence-electron chi connectivity index (χ3n) is 4.43. The fourth-order valence-electron chi connectivity index (χ4n) is 2.93. The number of rotatable bonds is 6. The lowest BCUT2D eigenvalue weighted by Gasteiger charge is -2.36. The summed E-state index contributed by atoms with van der Waals surface area (Å²) >= 11 is 0. The number of aromatic nitrogens is 1. The van der Waals surface area contributed by atoms with E-state index >= 15 is 0 Å². The van der Waals surface area contributed by atoms with Crippen molar-refractivity contribution in [3.05, 3.63) is 60.2 Å². The number of hydrogen-bond donors (Lipinski definition) is 1. The molecule has 0 unspecified atom stereocenters. The van der Waals surface area contributed by atoms with Gasteiger partial charge in [0.1, 0.15) is 5.82 Å². The monoisotopic (exact) mass is 342 g/mol. The molecule has 1 fully saturated rings. The Kier molecular flexibility index (Phi) is 5.95. The third kappa shape index (κ3) is 5.26. The van der Waals surface area contributed by atoms with Crippen molar-refractivity contribution in [3.8, 4) is 0 Å². The fraction of sp³-hybridized carbons (Fsp3) is 0.368. The van der Waals surface area contributed by atoms with E-state index in [2.05, 4.69) is 20.1 Å². The second-order valence-electron chi connectivity index (χ2n) is 6.19. The molecule has 2 aromatic rings. The summed E-state index contributed by atoms with van der Waals surface area (Å²) in [6, 6.07) is 10.4. The van der Waals surface area contributed by atoms with E-state index in [1.807, 2.05) is 24.3 Å². The smallest absolute Gasteiger partial charge is 0.221 e. The minimum Gasteiger partial charge on any atom is -0.369 e. The molecule has 0 saturated carbocycles. The van der Waals surface area contributed by atoms with Gasteiger partial charge in [0.25, 0.3) is 0 Å². The molecule has 1 aromatic carbocycles. The number of nitrogens with zero attached hydrogens (tertiary/aromatic N) is 3. The molecule has 1 amide bonds. The lowest BCUT2D eigenvalue weighted by atomic mass is 10.2. The van der Waals surface area contributed by atoms with Crippen LogP contribution in [-0.2, 0) is 11.3 Å². The predicted octanol–water partition coefficient (Wildman–Crippen LogP) is 2.05. The van der Waals surface area contributed by atoms with E-state index in [-0.39, 0.29) is 11.7 Å². The summed E-state index contributed by atoms with van der Waals surface area (Å²) < 4.78 is 13.0. The van der Waals surface area contributed by atoms with E-state index in [1.165, 1.54) is 12.1 Å². The zero-order chi connectivity index (χ0) is 17.5. The van der Waals surface area contributed by atoms with Crippen molar-refractivity contribution < 1.29 is 9.18 Å². The van der Waals surface area contributed by atoms with Crippen molar-refractivity contribution in [2.24, 2.45) is 0 Å². The number of hydrogen-bond acceptors (Lipinski definition) is 4. The Morgan fingerprint density at radius 2 is 1.88 bits per heavy atom. The highest BCUT2D eigenvalue weighted by atomic mass is 19.1. The number of carbonyl (C=O) groups is 1. The summed E-state index contributed by atoms with van der Waals surface area (Å²) in [7, 11) is 0. The molecule has 2 heterocycles. The van der Waals surface area contributed by atoms with Crippen LogP contribution in [0.1, 0.15) is 12.0 Å². The van der Waals surface area contributed by atoms with Gasteiger partial charge in [-0.3, -0.25) is 14.7 Å². The largest absolute Gasteiger partial charge is 0.369 e. The third-order valence-corrected chi connectivity index (χ3v) is 4.43. The van der Waals surface area contributed by atoms with Crippen LogP contribution >= 0.6 is 0 Å². The van der Waals surface area contributed by atoms with Gasteiger partial charge in [-0.1, -0.05) is 6.07 Å². The Morgan fingerprint density at radius 1 is 1.12 bits per heavy atom. The summed E-state index contributed by atoms with van der Waals surface area (Å²) in [5.74, 6) is -0.149. The first-order valence-corrected chi connectivity index (χ1v) is 8.59. The Morgan fingerprint density at radius 3 is 2.56 bits per heavy atom. The first kappa shape index (κ1) is 17.4. The van der Waals surface area contributed by atoms with Crippen LogP contribution in [0.4, 0.5) is 10.1 Å². The minimum atomic E-state index is -0.209. The van der Waals surface area contributed by atoms with E-state index < -0.39 is 0 Å². The molecule has 1 saturated heterocycles. The number of piperazine rings is 1. The molecule has 0 aliphatic carbocycles. The maximum atomic E-state index is 13.0. The SMILES string of the molecule is O=C(CCN1CCN(c2ccc(F)cc2)CC1)NCc1cccnc1. The van der Waals surface area contributed by atoms with Gasteiger partial charge in [0.05, 0.1) is 0 Å². The van der Waals surface area contributed by atoms with Gasteiger partial charge in [-0.25, -0.2) is 4.39 Å². The molecule has 3 rings (SSSR count). The van der Waals surface area contributed by atoms with Gasteiger partial charge in [0, 0.05) is 63.8 Å². The second-order valence-corrected chi connectivity index (χ2v) is 6.19. The Labute approximate surface area is 147 Å².